The third-order valence-corrected chi connectivity index (χ3v) is 3.09. The Morgan fingerprint density at radius 2 is 1.84 bits per heavy atom. The summed E-state index contributed by atoms with van der Waals surface area (Å²) in [7, 11) is 0. The number of nitrogen functional groups attached to an aromatic ring is 1. The summed E-state index contributed by atoms with van der Waals surface area (Å²) in [6, 6.07) is 3.75. The molecule has 3 rings (SSSR count). The molecule has 0 saturated heterocycles. The first kappa shape index (κ1) is 11.6. The molecule has 0 bridgehead atoms. The molecule has 0 amide bonds. The Bertz CT molecular complexity index is 669. The van der Waals surface area contributed by atoms with E-state index >= 15 is 0 Å². The van der Waals surface area contributed by atoms with Gasteiger partial charge in [0.1, 0.15) is 6.33 Å². The van der Waals surface area contributed by atoms with Crippen LogP contribution in [0.1, 0.15) is 0 Å². The van der Waals surface area contributed by atoms with Crippen LogP contribution in [-0.4, -0.2) is 29.5 Å². The van der Waals surface area contributed by atoms with Gasteiger partial charge in [0, 0.05) is 29.7 Å². The molecule has 3 aromatic heterocycles. The molecule has 0 atom stereocenters. The Morgan fingerprint density at radius 3 is 2.58 bits per heavy atom. The molecule has 0 aliphatic heterocycles. The van der Waals surface area contributed by atoms with Crippen molar-refractivity contribution in [2.24, 2.45) is 0 Å². The summed E-state index contributed by atoms with van der Waals surface area (Å²) in [6.07, 6.45) is 8.42. The maximum absolute atomic E-state index is 5.70. The number of aromatic nitrogens is 6. The van der Waals surface area contributed by atoms with E-state index in [1.54, 1.807) is 35.7 Å². The highest BCUT2D eigenvalue weighted by Gasteiger charge is 2.07. The highest BCUT2D eigenvalue weighted by molar-refractivity contribution is 7.99. The molecule has 0 aliphatic rings. The van der Waals surface area contributed by atoms with Gasteiger partial charge in [0.05, 0.1) is 0 Å². The van der Waals surface area contributed by atoms with E-state index in [4.69, 9.17) is 5.73 Å². The second-order valence-corrected chi connectivity index (χ2v) is 4.57. The van der Waals surface area contributed by atoms with Crippen LogP contribution in [0.25, 0.3) is 5.95 Å². The van der Waals surface area contributed by atoms with Crippen LogP contribution >= 0.6 is 11.8 Å². The van der Waals surface area contributed by atoms with Gasteiger partial charge < -0.3 is 5.73 Å². The quantitative estimate of drug-likeness (QED) is 0.764. The average Bonchev–Trinajstić information content (AvgIpc) is 2.93. The van der Waals surface area contributed by atoms with E-state index in [1.165, 1.54) is 11.8 Å². The first-order chi connectivity index (χ1) is 9.31. The molecular formula is C11H9N7S. The SMILES string of the molecule is Nc1nc(Sc2ccncc2)nc(-n2ccnc2)n1. The Balaban J connectivity index is 1.94. The summed E-state index contributed by atoms with van der Waals surface area (Å²) in [5.74, 6) is 0.622. The zero-order valence-electron chi connectivity index (χ0n) is 9.71. The number of hydrogen-bond acceptors (Lipinski definition) is 7. The smallest absolute Gasteiger partial charge is 0.240 e. The fourth-order valence-electron chi connectivity index (χ4n) is 1.41. The second-order valence-electron chi connectivity index (χ2n) is 3.53. The molecule has 0 unspecified atom stereocenters. The predicted octanol–water partition coefficient (Wildman–Crippen LogP) is 1.19. The topological polar surface area (TPSA) is 95.4 Å². The number of imidazole rings is 1. The van der Waals surface area contributed by atoms with Crippen LogP contribution < -0.4 is 5.73 Å². The van der Waals surface area contributed by atoms with Crippen molar-refractivity contribution in [1.29, 1.82) is 0 Å². The van der Waals surface area contributed by atoms with Crippen LogP contribution in [0.3, 0.4) is 0 Å². The molecule has 8 heteroatoms. The van der Waals surface area contributed by atoms with Crippen molar-refractivity contribution < 1.29 is 0 Å². The molecule has 0 spiro atoms. The number of nitrogens with two attached hydrogens (primary N) is 1. The molecule has 0 radical (unpaired) electrons. The molecule has 7 nitrogen and oxygen atoms in total. The van der Waals surface area contributed by atoms with Crippen LogP contribution in [-0.2, 0) is 0 Å². The Morgan fingerprint density at radius 1 is 1.00 bits per heavy atom. The van der Waals surface area contributed by atoms with E-state index in [9.17, 15) is 0 Å². The molecule has 0 fully saturated rings. The Hall–Kier alpha value is -2.48. The Labute approximate surface area is 113 Å². The molecular weight excluding hydrogens is 262 g/mol. The van der Waals surface area contributed by atoms with Gasteiger partial charge in [0.25, 0.3) is 0 Å². The first-order valence-corrected chi connectivity index (χ1v) is 6.21. The molecule has 2 N–H and O–H groups in total. The first-order valence-electron chi connectivity index (χ1n) is 5.39. The van der Waals surface area contributed by atoms with E-state index in [0.29, 0.717) is 11.1 Å². The van der Waals surface area contributed by atoms with Crippen LogP contribution in [0.15, 0.2) is 53.3 Å². The van der Waals surface area contributed by atoms with Gasteiger partial charge in [-0.25, -0.2) is 4.98 Å². The second kappa shape index (κ2) is 5.02. The van der Waals surface area contributed by atoms with E-state index in [1.807, 2.05) is 12.1 Å². The maximum Gasteiger partial charge on any atom is 0.240 e. The van der Waals surface area contributed by atoms with Crippen LogP contribution in [0, 0.1) is 0 Å². The highest BCUT2D eigenvalue weighted by atomic mass is 32.2. The summed E-state index contributed by atoms with van der Waals surface area (Å²) >= 11 is 1.40. The zero-order chi connectivity index (χ0) is 13.1. The van der Waals surface area contributed by atoms with Crippen LogP contribution in [0.4, 0.5) is 5.95 Å². The molecule has 94 valence electrons. The number of nitrogens with zero attached hydrogens (tertiary/aromatic N) is 6. The van der Waals surface area contributed by atoms with Crippen molar-refractivity contribution >= 4 is 17.7 Å². The van der Waals surface area contributed by atoms with Gasteiger partial charge >= 0.3 is 0 Å². The standard InChI is InChI=1S/C11H9N7S/c12-9-15-10(18-6-5-14-7-18)17-11(16-9)19-8-1-3-13-4-2-8/h1-7H,(H2,12,15,16,17). The highest BCUT2D eigenvalue weighted by Crippen LogP contribution is 2.24. The van der Waals surface area contributed by atoms with Crippen molar-refractivity contribution in [2.75, 3.05) is 5.73 Å². The van der Waals surface area contributed by atoms with Crippen molar-refractivity contribution in [3.05, 3.63) is 43.2 Å². The third-order valence-electron chi connectivity index (χ3n) is 2.21. The summed E-state index contributed by atoms with van der Waals surface area (Å²) in [6.45, 7) is 0. The summed E-state index contributed by atoms with van der Waals surface area (Å²) < 4.78 is 1.68. The fourth-order valence-corrected chi connectivity index (χ4v) is 2.15. The van der Waals surface area contributed by atoms with Crippen molar-refractivity contribution in [1.82, 2.24) is 29.5 Å². The lowest BCUT2D eigenvalue weighted by molar-refractivity contribution is 0.832. The van der Waals surface area contributed by atoms with Gasteiger partial charge in [-0.3, -0.25) is 9.55 Å². The zero-order valence-corrected chi connectivity index (χ0v) is 10.5. The van der Waals surface area contributed by atoms with E-state index in [0.717, 1.165) is 4.90 Å². The van der Waals surface area contributed by atoms with Gasteiger partial charge in [-0.05, 0) is 23.9 Å². The number of rotatable bonds is 3. The minimum Gasteiger partial charge on any atom is -0.368 e. The summed E-state index contributed by atoms with van der Waals surface area (Å²) in [4.78, 5) is 21.4. The number of hydrogen-bond donors (Lipinski definition) is 1. The molecule has 0 aliphatic carbocycles. The maximum atomic E-state index is 5.70. The minimum absolute atomic E-state index is 0.176. The molecule has 0 saturated carbocycles. The minimum atomic E-state index is 0.176. The third kappa shape index (κ3) is 2.68. The largest absolute Gasteiger partial charge is 0.368 e. The van der Waals surface area contributed by atoms with Crippen LogP contribution in [0.5, 0.6) is 0 Å². The molecule has 0 aromatic carbocycles. The summed E-state index contributed by atoms with van der Waals surface area (Å²) in [5, 5.41) is 0.530. The predicted molar refractivity (Wildman–Crippen MR) is 69.7 cm³/mol. The van der Waals surface area contributed by atoms with E-state index in [2.05, 4.69) is 24.9 Å². The van der Waals surface area contributed by atoms with Crippen molar-refractivity contribution in [2.45, 2.75) is 10.1 Å². The van der Waals surface area contributed by atoms with E-state index < -0.39 is 0 Å². The van der Waals surface area contributed by atoms with E-state index in [-0.39, 0.29) is 5.95 Å². The van der Waals surface area contributed by atoms with Gasteiger partial charge in [-0.15, -0.1) is 0 Å². The van der Waals surface area contributed by atoms with Crippen LogP contribution in [0.2, 0.25) is 0 Å². The monoisotopic (exact) mass is 271 g/mol. The van der Waals surface area contributed by atoms with Gasteiger partial charge in [-0.2, -0.15) is 15.0 Å². The Kier molecular flexibility index (Phi) is 3.07. The lowest BCUT2D eigenvalue weighted by Gasteiger charge is -2.04. The van der Waals surface area contributed by atoms with Crippen molar-refractivity contribution in [3.63, 3.8) is 0 Å². The summed E-state index contributed by atoms with van der Waals surface area (Å²) in [5.41, 5.74) is 5.70. The average molecular weight is 271 g/mol. The molecule has 3 aromatic rings. The normalized spacial score (nSPS) is 10.5. The lowest BCUT2D eigenvalue weighted by Crippen LogP contribution is -2.05. The van der Waals surface area contributed by atoms with Gasteiger partial charge in [0.15, 0.2) is 5.16 Å². The van der Waals surface area contributed by atoms with Gasteiger partial charge in [-0.1, -0.05) is 0 Å². The number of anilines is 1. The lowest BCUT2D eigenvalue weighted by atomic mass is 10.5. The fraction of sp³-hybridized carbons (Fsp3) is 0. The number of pyridine rings is 1. The molecule has 3 heterocycles. The van der Waals surface area contributed by atoms with Crippen molar-refractivity contribution in [3.8, 4) is 5.95 Å². The molecule has 19 heavy (non-hydrogen) atoms. The van der Waals surface area contributed by atoms with Gasteiger partial charge in [0.2, 0.25) is 11.9 Å².